The minimum atomic E-state index is 0.182. The fourth-order valence-electron chi connectivity index (χ4n) is 1.46. The average molecular weight is 239 g/mol. The molecule has 0 aliphatic heterocycles. The van der Waals surface area contributed by atoms with Crippen molar-refractivity contribution in [3.8, 4) is 0 Å². The van der Waals surface area contributed by atoms with Crippen molar-refractivity contribution < 1.29 is 0 Å². The summed E-state index contributed by atoms with van der Waals surface area (Å²) in [5.74, 6) is 0.962. The van der Waals surface area contributed by atoms with Crippen LogP contribution in [0.3, 0.4) is 0 Å². The summed E-state index contributed by atoms with van der Waals surface area (Å²) < 4.78 is 0.182. The van der Waals surface area contributed by atoms with Gasteiger partial charge in [0, 0.05) is 17.4 Å². The number of thioether (sulfide) groups is 1. The summed E-state index contributed by atoms with van der Waals surface area (Å²) in [5, 5.41) is 4.25. The van der Waals surface area contributed by atoms with Gasteiger partial charge in [-0.25, -0.2) is 9.97 Å². The molecule has 1 heterocycles. The van der Waals surface area contributed by atoms with E-state index in [1.54, 1.807) is 18.1 Å². The van der Waals surface area contributed by atoms with E-state index in [2.05, 4.69) is 43.0 Å². The first-order valence-electron chi connectivity index (χ1n) is 5.68. The molecular formula is C12H21N3S. The number of nitrogens with one attached hydrogen (secondary N) is 1. The highest BCUT2D eigenvalue weighted by Crippen LogP contribution is 2.34. The van der Waals surface area contributed by atoms with Crippen molar-refractivity contribution in [3.05, 3.63) is 11.9 Å². The number of aromatic nitrogens is 2. The highest BCUT2D eigenvalue weighted by Gasteiger charge is 2.17. The molecule has 0 bridgehead atoms. The van der Waals surface area contributed by atoms with Crippen molar-refractivity contribution in [1.82, 2.24) is 9.97 Å². The normalized spacial score (nSPS) is 11.6. The van der Waals surface area contributed by atoms with Crippen LogP contribution in [0.1, 0.15) is 39.7 Å². The third kappa shape index (κ3) is 3.67. The average Bonchev–Trinajstić information content (AvgIpc) is 2.18. The Morgan fingerprint density at radius 3 is 2.50 bits per heavy atom. The Labute approximate surface area is 102 Å². The molecule has 0 atom stereocenters. The molecule has 3 nitrogen and oxygen atoms in total. The van der Waals surface area contributed by atoms with E-state index in [1.165, 1.54) is 5.56 Å². The Morgan fingerprint density at radius 2 is 2.00 bits per heavy atom. The highest BCUT2D eigenvalue weighted by atomic mass is 32.2. The molecule has 0 unspecified atom stereocenters. The van der Waals surface area contributed by atoms with Crippen LogP contribution in [0.25, 0.3) is 0 Å². The number of anilines is 1. The quantitative estimate of drug-likeness (QED) is 0.646. The third-order valence-electron chi connectivity index (χ3n) is 2.05. The molecular weight excluding hydrogens is 218 g/mol. The number of hydrogen-bond donors (Lipinski definition) is 1. The standard InChI is InChI=1S/C12H21N3S/c1-6-7-9-10(13-5)14-8-15-11(9)16-12(2,3)4/h8H,6-7H2,1-5H3,(H,13,14,15). The van der Waals surface area contributed by atoms with Gasteiger partial charge in [0.15, 0.2) is 0 Å². The van der Waals surface area contributed by atoms with Crippen molar-refractivity contribution >= 4 is 17.6 Å². The van der Waals surface area contributed by atoms with Crippen LogP contribution in [0.4, 0.5) is 5.82 Å². The van der Waals surface area contributed by atoms with E-state index in [9.17, 15) is 0 Å². The van der Waals surface area contributed by atoms with Crippen molar-refractivity contribution in [2.24, 2.45) is 0 Å². The zero-order valence-corrected chi connectivity index (χ0v) is 11.6. The molecule has 0 fully saturated rings. The second-order valence-corrected chi connectivity index (χ2v) is 6.54. The van der Waals surface area contributed by atoms with Gasteiger partial charge in [0.25, 0.3) is 0 Å². The fraction of sp³-hybridized carbons (Fsp3) is 0.667. The van der Waals surface area contributed by atoms with Crippen molar-refractivity contribution in [1.29, 1.82) is 0 Å². The van der Waals surface area contributed by atoms with Gasteiger partial charge in [-0.2, -0.15) is 0 Å². The molecule has 0 saturated heterocycles. The van der Waals surface area contributed by atoms with Gasteiger partial charge in [-0.05, 0) is 6.42 Å². The fourth-order valence-corrected chi connectivity index (χ4v) is 2.47. The van der Waals surface area contributed by atoms with E-state index in [4.69, 9.17) is 0 Å². The second-order valence-electron chi connectivity index (χ2n) is 4.72. The van der Waals surface area contributed by atoms with E-state index in [-0.39, 0.29) is 4.75 Å². The molecule has 4 heteroatoms. The highest BCUT2D eigenvalue weighted by molar-refractivity contribution is 8.00. The summed E-state index contributed by atoms with van der Waals surface area (Å²) >= 11 is 1.81. The topological polar surface area (TPSA) is 37.8 Å². The van der Waals surface area contributed by atoms with E-state index in [0.717, 1.165) is 23.7 Å². The summed E-state index contributed by atoms with van der Waals surface area (Å²) in [6, 6.07) is 0. The lowest BCUT2D eigenvalue weighted by Gasteiger charge is -2.19. The van der Waals surface area contributed by atoms with Gasteiger partial charge in [0.05, 0.1) is 0 Å². The zero-order chi connectivity index (χ0) is 12.2. The molecule has 0 spiro atoms. The van der Waals surface area contributed by atoms with E-state index in [0.29, 0.717) is 0 Å². The van der Waals surface area contributed by atoms with E-state index < -0.39 is 0 Å². The smallest absolute Gasteiger partial charge is 0.133 e. The van der Waals surface area contributed by atoms with Crippen LogP contribution in [0, 0.1) is 0 Å². The Bertz CT molecular complexity index is 345. The molecule has 0 saturated carbocycles. The Morgan fingerprint density at radius 1 is 1.31 bits per heavy atom. The van der Waals surface area contributed by atoms with Gasteiger partial charge in [0.1, 0.15) is 17.2 Å². The first kappa shape index (κ1) is 13.3. The van der Waals surface area contributed by atoms with Gasteiger partial charge < -0.3 is 5.32 Å². The van der Waals surface area contributed by atoms with Crippen LogP contribution in [0.2, 0.25) is 0 Å². The van der Waals surface area contributed by atoms with Crippen molar-refractivity contribution in [2.45, 2.75) is 50.3 Å². The minimum Gasteiger partial charge on any atom is -0.373 e. The van der Waals surface area contributed by atoms with Crippen LogP contribution in [-0.2, 0) is 6.42 Å². The lowest BCUT2D eigenvalue weighted by Crippen LogP contribution is -2.10. The van der Waals surface area contributed by atoms with Gasteiger partial charge in [-0.3, -0.25) is 0 Å². The number of nitrogens with zero attached hydrogens (tertiary/aromatic N) is 2. The van der Waals surface area contributed by atoms with Crippen molar-refractivity contribution in [3.63, 3.8) is 0 Å². The summed E-state index contributed by atoms with van der Waals surface area (Å²) in [6.07, 6.45) is 3.77. The Kier molecular flexibility index (Phi) is 4.59. The summed E-state index contributed by atoms with van der Waals surface area (Å²) in [7, 11) is 1.91. The number of rotatable bonds is 4. The first-order chi connectivity index (χ1) is 7.48. The summed E-state index contributed by atoms with van der Waals surface area (Å²) in [4.78, 5) is 8.67. The summed E-state index contributed by atoms with van der Waals surface area (Å²) in [5.41, 5.74) is 1.24. The zero-order valence-electron chi connectivity index (χ0n) is 10.8. The van der Waals surface area contributed by atoms with E-state index in [1.807, 2.05) is 7.05 Å². The van der Waals surface area contributed by atoms with Crippen molar-refractivity contribution in [2.75, 3.05) is 12.4 Å². The number of hydrogen-bond acceptors (Lipinski definition) is 4. The summed E-state index contributed by atoms with van der Waals surface area (Å²) in [6.45, 7) is 8.79. The first-order valence-corrected chi connectivity index (χ1v) is 6.50. The van der Waals surface area contributed by atoms with Crippen LogP contribution in [0.5, 0.6) is 0 Å². The molecule has 1 aromatic rings. The Balaban J connectivity index is 3.06. The van der Waals surface area contributed by atoms with Gasteiger partial charge in [-0.1, -0.05) is 34.1 Å². The Hall–Kier alpha value is -0.770. The van der Waals surface area contributed by atoms with E-state index >= 15 is 0 Å². The predicted octanol–water partition coefficient (Wildman–Crippen LogP) is 3.36. The van der Waals surface area contributed by atoms with Crippen LogP contribution in [-0.4, -0.2) is 21.8 Å². The molecule has 90 valence electrons. The lowest BCUT2D eigenvalue weighted by atomic mass is 10.2. The molecule has 1 N–H and O–H groups in total. The van der Waals surface area contributed by atoms with Gasteiger partial charge in [0.2, 0.25) is 0 Å². The van der Waals surface area contributed by atoms with Crippen LogP contribution in [0.15, 0.2) is 11.4 Å². The molecule has 0 aliphatic carbocycles. The maximum atomic E-state index is 4.40. The SMILES string of the molecule is CCCc1c(NC)ncnc1SC(C)(C)C. The maximum Gasteiger partial charge on any atom is 0.133 e. The van der Waals surface area contributed by atoms with Gasteiger partial charge in [-0.15, -0.1) is 11.8 Å². The minimum absolute atomic E-state index is 0.182. The molecule has 1 rings (SSSR count). The largest absolute Gasteiger partial charge is 0.373 e. The second kappa shape index (κ2) is 5.53. The van der Waals surface area contributed by atoms with Crippen LogP contribution >= 0.6 is 11.8 Å². The molecule has 0 radical (unpaired) electrons. The monoisotopic (exact) mass is 239 g/mol. The molecule has 0 amide bonds. The lowest BCUT2D eigenvalue weighted by molar-refractivity contribution is 0.790. The van der Waals surface area contributed by atoms with Crippen LogP contribution < -0.4 is 5.32 Å². The molecule has 0 aliphatic rings. The maximum absolute atomic E-state index is 4.40. The predicted molar refractivity (Wildman–Crippen MR) is 71.2 cm³/mol. The third-order valence-corrected chi connectivity index (χ3v) is 3.20. The molecule has 16 heavy (non-hydrogen) atoms. The van der Waals surface area contributed by atoms with Gasteiger partial charge >= 0.3 is 0 Å². The molecule has 0 aromatic carbocycles. The molecule has 1 aromatic heterocycles.